The van der Waals surface area contributed by atoms with Crippen LogP contribution in [-0.4, -0.2) is 36.1 Å². The van der Waals surface area contributed by atoms with Gasteiger partial charge in [-0.05, 0) is 44.0 Å². The molecule has 0 atom stereocenters. The molecule has 1 saturated carbocycles. The molecule has 1 fully saturated rings. The number of hydrogen-bond donors (Lipinski definition) is 4. The molecule has 6 nitrogen and oxygen atoms in total. The molecule has 0 saturated heterocycles. The Labute approximate surface area is 137 Å². The lowest BCUT2D eigenvalue weighted by molar-refractivity contribution is -0.114. The van der Waals surface area contributed by atoms with Gasteiger partial charge in [0.05, 0.1) is 0 Å². The summed E-state index contributed by atoms with van der Waals surface area (Å²) in [6.07, 6.45) is 6.12. The number of carbonyl (C=O) groups is 1. The number of hydrogen-bond acceptors (Lipinski definition) is 3. The highest BCUT2D eigenvalue weighted by Gasteiger charge is 2.14. The Morgan fingerprint density at radius 1 is 1.22 bits per heavy atom. The SMILES string of the molecule is CCNC(=NCC(=O)Nc1ccc(O)cc1)NC1CCCCC1. The van der Waals surface area contributed by atoms with E-state index in [4.69, 9.17) is 0 Å². The Morgan fingerprint density at radius 3 is 2.57 bits per heavy atom. The number of guanidine groups is 1. The second-order valence-corrected chi connectivity index (χ2v) is 5.77. The second-order valence-electron chi connectivity index (χ2n) is 5.77. The van der Waals surface area contributed by atoms with Crippen molar-refractivity contribution in [2.24, 2.45) is 4.99 Å². The minimum atomic E-state index is -0.184. The largest absolute Gasteiger partial charge is 0.508 e. The fourth-order valence-corrected chi connectivity index (χ4v) is 2.66. The van der Waals surface area contributed by atoms with E-state index in [0.717, 1.165) is 19.4 Å². The molecule has 1 aromatic rings. The van der Waals surface area contributed by atoms with Crippen LogP contribution in [-0.2, 0) is 4.79 Å². The first-order valence-corrected chi connectivity index (χ1v) is 8.31. The first kappa shape index (κ1) is 17.1. The van der Waals surface area contributed by atoms with Crippen LogP contribution in [0.1, 0.15) is 39.0 Å². The van der Waals surface area contributed by atoms with Crippen molar-refractivity contribution >= 4 is 17.6 Å². The molecule has 23 heavy (non-hydrogen) atoms. The summed E-state index contributed by atoms with van der Waals surface area (Å²) in [5.74, 6) is 0.684. The fraction of sp³-hybridized carbons (Fsp3) is 0.529. The number of rotatable bonds is 5. The Morgan fingerprint density at radius 2 is 1.91 bits per heavy atom. The molecule has 0 radical (unpaired) electrons. The number of benzene rings is 1. The third kappa shape index (κ3) is 6.18. The van der Waals surface area contributed by atoms with Gasteiger partial charge in [0, 0.05) is 18.3 Å². The Hall–Kier alpha value is -2.24. The standard InChI is InChI=1S/C17H26N4O2/c1-2-18-17(21-13-6-4-3-5-7-13)19-12-16(23)20-14-8-10-15(22)11-9-14/h8-11,13,22H,2-7,12H2,1H3,(H,20,23)(H2,18,19,21). The molecule has 2 rings (SSSR count). The van der Waals surface area contributed by atoms with E-state index in [9.17, 15) is 9.90 Å². The predicted molar refractivity (Wildman–Crippen MR) is 92.7 cm³/mol. The number of aromatic hydroxyl groups is 1. The molecule has 0 aliphatic heterocycles. The first-order chi connectivity index (χ1) is 11.2. The quantitative estimate of drug-likeness (QED) is 0.381. The normalized spacial score (nSPS) is 16.0. The summed E-state index contributed by atoms with van der Waals surface area (Å²) in [7, 11) is 0. The molecule has 0 bridgehead atoms. The summed E-state index contributed by atoms with van der Waals surface area (Å²) in [6, 6.07) is 6.83. The van der Waals surface area contributed by atoms with Crippen LogP contribution in [0.2, 0.25) is 0 Å². The highest BCUT2D eigenvalue weighted by atomic mass is 16.3. The molecular weight excluding hydrogens is 292 g/mol. The summed E-state index contributed by atoms with van der Waals surface area (Å²) in [5.41, 5.74) is 0.647. The van der Waals surface area contributed by atoms with Gasteiger partial charge in [-0.15, -0.1) is 0 Å². The van der Waals surface area contributed by atoms with Crippen LogP contribution < -0.4 is 16.0 Å². The van der Waals surface area contributed by atoms with E-state index in [-0.39, 0.29) is 18.2 Å². The maximum atomic E-state index is 12.0. The third-order valence-corrected chi connectivity index (χ3v) is 3.82. The maximum absolute atomic E-state index is 12.0. The molecule has 1 aliphatic carbocycles. The van der Waals surface area contributed by atoms with E-state index in [1.807, 2.05) is 6.92 Å². The van der Waals surface area contributed by atoms with Crippen LogP contribution >= 0.6 is 0 Å². The summed E-state index contributed by atoms with van der Waals surface area (Å²) >= 11 is 0. The minimum Gasteiger partial charge on any atom is -0.508 e. The van der Waals surface area contributed by atoms with Crippen molar-refractivity contribution in [1.82, 2.24) is 10.6 Å². The zero-order valence-corrected chi connectivity index (χ0v) is 13.6. The third-order valence-electron chi connectivity index (χ3n) is 3.82. The number of nitrogens with zero attached hydrogens (tertiary/aromatic N) is 1. The van der Waals surface area contributed by atoms with Crippen LogP contribution in [0.5, 0.6) is 5.75 Å². The van der Waals surface area contributed by atoms with Crippen molar-refractivity contribution in [2.45, 2.75) is 45.1 Å². The van der Waals surface area contributed by atoms with Crippen LogP contribution in [0, 0.1) is 0 Å². The molecule has 1 amide bonds. The average Bonchev–Trinajstić information content (AvgIpc) is 2.56. The monoisotopic (exact) mass is 318 g/mol. The van der Waals surface area contributed by atoms with Gasteiger partial charge in [0.25, 0.3) is 0 Å². The van der Waals surface area contributed by atoms with Gasteiger partial charge in [-0.25, -0.2) is 4.99 Å². The van der Waals surface area contributed by atoms with Crippen molar-refractivity contribution in [3.05, 3.63) is 24.3 Å². The summed E-state index contributed by atoms with van der Waals surface area (Å²) in [5, 5.41) is 18.6. The maximum Gasteiger partial charge on any atom is 0.246 e. The van der Waals surface area contributed by atoms with Gasteiger partial charge in [0.1, 0.15) is 12.3 Å². The van der Waals surface area contributed by atoms with Gasteiger partial charge in [0.2, 0.25) is 5.91 Å². The number of anilines is 1. The van der Waals surface area contributed by atoms with Gasteiger partial charge < -0.3 is 21.1 Å². The number of phenolic OH excluding ortho intramolecular Hbond substituents is 1. The first-order valence-electron chi connectivity index (χ1n) is 8.31. The molecule has 1 aromatic carbocycles. The van der Waals surface area contributed by atoms with E-state index in [1.54, 1.807) is 12.1 Å². The Balaban J connectivity index is 1.85. The number of carbonyl (C=O) groups excluding carboxylic acids is 1. The lowest BCUT2D eigenvalue weighted by Crippen LogP contribution is -2.44. The number of amides is 1. The molecule has 4 N–H and O–H groups in total. The molecule has 0 heterocycles. The van der Waals surface area contributed by atoms with Crippen molar-refractivity contribution < 1.29 is 9.90 Å². The highest BCUT2D eigenvalue weighted by Crippen LogP contribution is 2.17. The van der Waals surface area contributed by atoms with Crippen molar-refractivity contribution in [2.75, 3.05) is 18.4 Å². The van der Waals surface area contributed by atoms with Crippen LogP contribution in [0.25, 0.3) is 0 Å². The second kappa shape index (κ2) is 9.02. The van der Waals surface area contributed by atoms with Gasteiger partial charge >= 0.3 is 0 Å². The van der Waals surface area contributed by atoms with Gasteiger partial charge in [-0.3, -0.25) is 4.79 Å². The lowest BCUT2D eigenvalue weighted by atomic mass is 9.96. The van der Waals surface area contributed by atoms with Crippen molar-refractivity contribution in [1.29, 1.82) is 0 Å². The van der Waals surface area contributed by atoms with E-state index in [0.29, 0.717) is 17.7 Å². The molecule has 126 valence electrons. The van der Waals surface area contributed by atoms with E-state index < -0.39 is 0 Å². The van der Waals surface area contributed by atoms with Gasteiger partial charge in [-0.1, -0.05) is 19.3 Å². The Kier molecular flexibility index (Phi) is 6.72. The van der Waals surface area contributed by atoms with E-state index >= 15 is 0 Å². The molecule has 0 spiro atoms. The van der Waals surface area contributed by atoms with E-state index in [2.05, 4.69) is 20.9 Å². The molecule has 1 aliphatic rings. The molecule has 0 aromatic heterocycles. The number of aliphatic imine (C=N–C) groups is 1. The van der Waals surface area contributed by atoms with Gasteiger partial charge in [0.15, 0.2) is 5.96 Å². The molecule has 6 heteroatoms. The zero-order valence-electron chi connectivity index (χ0n) is 13.6. The number of phenols is 1. The van der Waals surface area contributed by atoms with Crippen LogP contribution in [0.15, 0.2) is 29.3 Å². The Bertz CT molecular complexity index is 522. The number of nitrogens with one attached hydrogen (secondary N) is 3. The van der Waals surface area contributed by atoms with Gasteiger partial charge in [-0.2, -0.15) is 0 Å². The smallest absolute Gasteiger partial charge is 0.246 e. The zero-order chi connectivity index (χ0) is 16.5. The minimum absolute atomic E-state index is 0.0585. The van der Waals surface area contributed by atoms with Crippen molar-refractivity contribution in [3.8, 4) is 5.75 Å². The highest BCUT2D eigenvalue weighted by molar-refractivity contribution is 5.94. The van der Waals surface area contributed by atoms with Crippen LogP contribution in [0.4, 0.5) is 5.69 Å². The predicted octanol–water partition coefficient (Wildman–Crippen LogP) is 2.22. The lowest BCUT2D eigenvalue weighted by Gasteiger charge is -2.24. The van der Waals surface area contributed by atoms with Crippen LogP contribution in [0.3, 0.4) is 0 Å². The summed E-state index contributed by atoms with van der Waals surface area (Å²) in [4.78, 5) is 16.3. The van der Waals surface area contributed by atoms with Crippen molar-refractivity contribution in [3.63, 3.8) is 0 Å². The van der Waals surface area contributed by atoms with E-state index in [1.165, 1.54) is 31.4 Å². The molecular formula is C17H26N4O2. The summed E-state index contributed by atoms with van der Waals surface area (Å²) in [6.45, 7) is 2.83. The fourth-order valence-electron chi connectivity index (χ4n) is 2.66. The average molecular weight is 318 g/mol. The summed E-state index contributed by atoms with van der Waals surface area (Å²) < 4.78 is 0. The molecule has 0 unspecified atom stereocenters. The topological polar surface area (TPSA) is 85.8 Å².